The Balaban J connectivity index is 1.79. The number of Topliss-reactive ketones (excluding diaryl/α,β-unsaturated/α-hetero) is 1. The molecule has 0 fully saturated rings. The molecule has 0 bridgehead atoms. The number of H-pyrrole nitrogens is 1. The van der Waals surface area contributed by atoms with Crippen molar-refractivity contribution < 1.29 is 4.79 Å². The number of hydrogen-bond donors (Lipinski definition) is 1. The van der Waals surface area contributed by atoms with Crippen LogP contribution < -0.4 is 0 Å². The molecular formula is C17H19N3OS. The molecule has 5 heteroatoms. The van der Waals surface area contributed by atoms with Crippen molar-refractivity contribution in [3.63, 3.8) is 0 Å². The van der Waals surface area contributed by atoms with Crippen LogP contribution in [0.4, 0.5) is 0 Å². The molecule has 114 valence electrons. The summed E-state index contributed by atoms with van der Waals surface area (Å²) in [6, 6.07) is 9.79. The van der Waals surface area contributed by atoms with Crippen molar-refractivity contribution in [1.82, 2.24) is 14.9 Å². The van der Waals surface area contributed by atoms with Gasteiger partial charge in [0.1, 0.15) is 5.65 Å². The van der Waals surface area contributed by atoms with Crippen LogP contribution >= 0.6 is 11.8 Å². The molecule has 3 aromatic rings. The smallest absolute Gasteiger partial charge is 0.172 e. The number of nitrogens with one attached hydrogen (secondary N) is 1. The predicted molar refractivity (Wildman–Crippen MR) is 93.8 cm³/mol. The van der Waals surface area contributed by atoms with E-state index in [2.05, 4.69) is 14.9 Å². The number of benzene rings is 1. The number of fused-ring (bicyclic) bond motifs is 3. The average Bonchev–Trinajstić information content (AvgIpc) is 2.89. The van der Waals surface area contributed by atoms with Crippen LogP contribution in [0.1, 0.15) is 10.4 Å². The fraction of sp³-hybridized carbons (Fsp3) is 0.294. The number of nitrogens with zero attached hydrogens (tertiary/aromatic N) is 2. The molecule has 0 radical (unpaired) electrons. The lowest BCUT2D eigenvalue weighted by Crippen LogP contribution is -2.15. The first kappa shape index (κ1) is 15.1. The van der Waals surface area contributed by atoms with Crippen molar-refractivity contribution in [1.29, 1.82) is 0 Å². The first-order chi connectivity index (χ1) is 10.6. The minimum absolute atomic E-state index is 0.184. The van der Waals surface area contributed by atoms with E-state index in [0.717, 1.165) is 39.8 Å². The predicted octanol–water partition coefficient (Wildman–Crippen LogP) is 3.19. The fourth-order valence-corrected chi connectivity index (χ4v) is 3.39. The molecule has 0 aliphatic carbocycles. The Morgan fingerprint density at radius 1 is 1.27 bits per heavy atom. The third kappa shape index (κ3) is 3.15. The molecule has 3 rings (SSSR count). The Bertz CT molecular complexity index is 810. The normalized spacial score (nSPS) is 11.6. The molecule has 2 aromatic heterocycles. The van der Waals surface area contributed by atoms with Gasteiger partial charge in [0, 0.05) is 40.3 Å². The fourth-order valence-electron chi connectivity index (χ4n) is 2.39. The second-order valence-electron chi connectivity index (χ2n) is 5.56. The summed E-state index contributed by atoms with van der Waals surface area (Å²) in [5, 5.41) is 2.12. The maximum atomic E-state index is 12.3. The van der Waals surface area contributed by atoms with E-state index in [1.54, 1.807) is 18.0 Å². The molecule has 0 saturated carbocycles. The van der Waals surface area contributed by atoms with E-state index in [1.807, 2.05) is 44.4 Å². The lowest BCUT2D eigenvalue weighted by molar-refractivity contribution is 0.102. The molecule has 1 aromatic carbocycles. The molecule has 0 aliphatic rings. The zero-order chi connectivity index (χ0) is 15.5. The molecule has 2 heterocycles. The van der Waals surface area contributed by atoms with E-state index in [4.69, 9.17) is 0 Å². The lowest BCUT2D eigenvalue weighted by Gasteiger charge is -2.08. The number of hydrogen-bond acceptors (Lipinski definition) is 4. The van der Waals surface area contributed by atoms with Gasteiger partial charge in [-0.25, -0.2) is 4.98 Å². The Labute approximate surface area is 133 Å². The van der Waals surface area contributed by atoms with E-state index in [-0.39, 0.29) is 5.78 Å². The number of carbonyl (C=O) groups excluding carboxylic acids is 1. The lowest BCUT2D eigenvalue weighted by atomic mass is 10.1. The van der Waals surface area contributed by atoms with Crippen molar-refractivity contribution in [3.05, 3.63) is 42.1 Å². The van der Waals surface area contributed by atoms with E-state index in [9.17, 15) is 4.79 Å². The van der Waals surface area contributed by atoms with E-state index < -0.39 is 0 Å². The SMILES string of the molecule is CN(C)CCSCC(=O)c1ccc2[nH]c3ncccc3c2c1. The highest BCUT2D eigenvalue weighted by molar-refractivity contribution is 8.00. The molecule has 1 N–H and O–H groups in total. The second-order valence-corrected chi connectivity index (χ2v) is 6.67. The molecule has 0 saturated heterocycles. The summed E-state index contributed by atoms with van der Waals surface area (Å²) in [4.78, 5) is 22.1. The Morgan fingerprint density at radius 2 is 2.14 bits per heavy atom. The Hall–Kier alpha value is -1.85. The van der Waals surface area contributed by atoms with Crippen LogP contribution in [0.2, 0.25) is 0 Å². The average molecular weight is 313 g/mol. The summed E-state index contributed by atoms with van der Waals surface area (Å²) in [6.45, 7) is 0.991. The van der Waals surface area contributed by atoms with Gasteiger partial charge in [-0.2, -0.15) is 11.8 Å². The zero-order valence-electron chi connectivity index (χ0n) is 12.8. The second kappa shape index (κ2) is 6.50. The molecular weight excluding hydrogens is 294 g/mol. The maximum Gasteiger partial charge on any atom is 0.172 e. The van der Waals surface area contributed by atoms with Crippen molar-refractivity contribution >= 4 is 39.5 Å². The molecule has 0 unspecified atom stereocenters. The number of pyridine rings is 1. The third-order valence-corrected chi connectivity index (χ3v) is 4.55. The molecule has 0 spiro atoms. The first-order valence-electron chi connectivity index (χ1n) is 7.27. The number of thioether (sulfide) groups is 1. The van der Waals surface area contributed by atoms with Crippen LogP contribution in [-0.4, -0.2) is 52.8 Å². The molecule has 0 atom stereocenters. The van der Waals surface area contributed by atoms with Crippen LogP contribution in [0.3, 0.4) is 0 Å². The summed E-state index contributed by atoms with van der Waals surface area (Å²) < 4.78 is 0. The number of carbonyl (C=O) groups is 1. The van der Waals surface area contributed by atoms with E-state index in [1.165, 1.54) is 0 Å². The summed E-state index contributed by atoms with van der Waals surface area (Å²) >= 11 is 1.68. The monoisotopic (exact) mass is 313 g/mol. The number of aromatic nitrogens is 2. The van der Waals surface area contributed by atoms with Crippen molar-refractivity contribution in [3.8, 4) is 0 Å². The highest BCUT2D eigenvalue weighted by atomic mass is 32.2. The summed E-state index contributed by atoms with van der Waals surface area (Å²) in [5.41, 5.74) is 2.66. The Kier molecular flexibility index (Phi) is 4.45. The number of aromatic amines is 1. The van der Waals surface area contributed by atoms with Crippen LogP contribution in [-0.2, 0) is 0 Å². The number of rotatable bonds is 6. The van der Waals surface area contributed by atoms with Crippen LogP contribution in [0.5, 0.6) is 0 Å². The van der Waals surface area contributed by atoms with Gasteiger partial charge < -0.3 is 9.88 Å². The van der Waals surface area contributed by atoms with Gasteiger partial charge in [0.2, 0.25) is 0 Å². The Morgan fingerprint density at radius 3 is 2.95 bits per heavy atom. The maximum absolute atomic E-state index is 12.3. The molecule has 0 amide bonds. The minimum Gasteiger partial charge on any atom is -0.339 e. The zero-order valence-corrected chi connectivity index (χ0v) is 13.6. The summed E-state index contributed by atoms with van der Waals surface area (Å²) in [7, 11) is 4.09. The van der Waals surface area contributed by atoms with Gasteiger partial charge in [-0.05, 0) is 44.4 Å². The van der Waals surface area contributed by atoms with Gasteiger partial charge in [-0.1, -0.05) is 0 Å². The van der Waals surface area contributed by atoms with Crippen molar-refractivity contribution in [2.45, 2.75) is 0 Å². The quantitative estimate of drug-likeness (QED) is 0.561. The largest absolute Gasteiger partial charge is 0.339 e. The first-order valence-corrected chi connectivity index (χ1v) is 8.43. The van der Waals surface area contributed by atoms with E-state index >= 15 is 0 Å². The van der Waals surface area contributed by atoms with Crippen molar-refractivity contribution in [2.75, 3.05) is 32.1 Å². The van der Waals surface area contributed by atoms with Gasteiger partial charge in [-0.3, -0.25) is 4.79 Å². The summed E-state index contributed by atoms with van der Waals surface area (Å²) in [5.74, 6) is 1.68. The summed E-state index contributed by atoms with van der Waals surface area (Å²) in [6.07, 6.45) is 1.77. The van der Waals surface area contributed by atoms with Gasteiger partial charge in [0.15, 0.2) is 5.78 Å². The molecule has 22 heavy (non-hydrogen) atoms. The van der Waals surface area contributed by atoms with Crippen LogP contribution in [0, 0.1) is 0 Å². The van der Waals surface area contributed by atoms with Gasteiger partial charge in [0.25, 0.3) is 0 Å². The van der Waals surface area contributed by atoms with Crippen molar-refractivity contribution in [2.24, 2.45) is 0 Å². The standard InChI is InChI=1S/C17H19N3OS/c1-20(2)8-9-22-11-16(21)12-5-6-15-14(10-12)13-4-3-7-18-17(13)19-15/h3-7,10H,8-9,11H2,1-2H3,(H,18,19). The molecule has 4 nitrogen and oxygen atoms in total. The number of ketones is 1. The van der Waals surface area contributed by atoms with E-state index in [0.29, 0.717) is 5.75 Å². The third-order valence-electron chi connectivity index (χ3n) is 3.61. The van der Waals surface area contributed by atoms with Gasteiger partial charge in [0.05, 0.1) is 5.75 Å². The van der Waals surface area contributed by atoms with Crippen LogP contribution in [0.25, 0.3) is 21.9 Å². The topological polar surface area (TPSA) is 49.0 Å². The minimum atomic E-state index is 0.184. The van der Waals surface area contributed by atoms with Crippen LogP contribution in [0.15, 0.2) is 36.5 Å². The van der Waals surface area contributed by atoms with Gasteiger partial charge in [-0.15, -0.1) is 0 Å². The molecule has 0 aliphatic heterocycles. The highest BCUT2D eigenvalue weighted by Crippen LogP contribution is 2.25. The highest BCUT2D eigenvalue weighted by Gasteiger charge is 2.10. The van der Waals surface area contributed by atoms with Gasteiger partial charge >= 0.3 is 0 Å².